The van der Waals surface area contributed by atoms with Gasteiger partial charge in [-0.15, -0.1) is 11.6 Å². The number of hydrogen-bond acceptors (Lipinski definition) is 1. The van der Waals surface area contributed by atoms with Crippen molar-refractivity contribution in [2.75, 3.05) is 6.61 Å². The van der Waals surface area contributed by atoms with Crippen LogP contribution in [0.5, 0.6) is 5.75 Å². The van der Waals surface area contributed by atoms with Crippen LogP contribution in [0.3, 0.4) is 0 Å². The van der Waals surface area contributed by atoms with Gasteiger partial charge in [0.05, 0.1) is 16.5 Å². The molecule has 0 N–H and O–H groups in total. The van der Waals surface area contributed by atoms with Gasteiger partial charge in [-0.2, -0.15) is 0 Å². The molecule has 2 rings (SSSR count). The number of ether oxygens (including phenoxy) is 1. The Kier molecular flexibility index (Phi) is 5.62. The van der Waals surface area contributed by atoms with E-state index in [1.54, 1.807) is 6.07 Å². The molecule has 0 aliphatic heterocycles. The zero-order chi connectivity index (χ0) is 14.7. The largest absolute Gasteiger partial charge is 0.493 e. The lowest BCUT2D eigenvalue weighted by molar-refractivity contribution is 0.338. The molecule has 5 heteroatoms. The summed E-state index contributed by atoms with van der Waals surface area (Å²) in [5.41, 5.74) is 1.81. The monoisotopic (exact) mass is 392 g/mol. The molecular formula is C15H12BrCl3O. The summed E-state index contributed by atoms with van der Waals surface area (Å²) in [4.78, 5) is 0. The smallest absolute Gasteiger partial charge is 0.133 e. The van der Waals surface area contributed by atoms with Crippen LogP contribution in [0.4, 0.5) is 0 Å². The Hall–Kier alpha value is -0.410. The van der Waals surface area contributed by atoms with Gasteiger partial charge in [-0.05, 0) is 64.3 Å². The number of alkyl halides is 1. The maximum Gasteiger partial charge on any atom is 0.133 e. The Morgan fingerprint density at radius 1 is 1.05 bits per heavy atom. The second-order valence-electron chi connectivity index (χ2n) is 4.19. The van der Waals surface area contributed by atoms with Gasteiger partial charge in [0.2, 0.25) is 0 Å². The molecule has 0 aromatic heterocycles. The molecule has 106 valence electrons. The van der Waals surface area contributed by atoms with Gasteiger partial charge in [-0.3, -0.25) is 0 Å². The van der Waals surface area contributed by atoms with E-state index >= 15 is 0 Å². The minimum Gasteiger partial charge on any atom is -0.493 e. The van der Waals surface area contributed by atoms with Crippen LogP contribution >= 0.6 is 50.7 Å². The summed E-state index contributed by atoms with van der Waals surface area (Å²) in [7, 11) is 0. The highest BCUT2D eigenvalue weighted by atomic mass is 79.9. The fourth-order valence-electron chi connectivity index (χ4n) is 1.86. The lowest BCUT2D eigenvalue weighted by Crippen LogP contribution is -1.96. The molecule has 0 bridgehead atoms. The first-order chi connectivity index (χ1) is 9.51. The molecule has 0 radical (unpaired) electrons. The minimum atomic E-state index is -0.321. The third-order valence-corrected chi connectivity index (χ3v) is 4.29. The highest BCUT2D eigenvalue weighted by molar-refractivity contribution is 9.10. The molecule has 0 saturated carbocycles. The van der Waals surface area contributed by atoms with Gasteiger partial charge in [-0.1, -0.05) is 29.3 Å². The predicted molar refractivity (Wildman–Crippen MR) is 89.5 cm³/mol. The maximum atomic E-state index is 6.50. The summed E-state index contributed by atoms with van der Waals surface area (Å²) >= 11 is 22.0. The van der Waals surface area contributed by atoms with Gasteiger partial charge in [0.1, 0.15) is 5.75 Å². The van der Waals surface area contributed by atoms with Crippen LogP contribution in [-0.2, 0) is 0 Å². The van der Waals surface area contributed by atoms with Crippen LogP contribution in [-0.4, -0.2) is 6.61 Å². The van der Waals surface area contributed by atoms with Gasteiger partial charge in [-0.25, -0.2) is 0 Å². The summed E-state index contributed by atoms with van der Waals surface area (Å²) in [5.74, 6) is 0.796. The molecule has 0 saturated heterocycles. The number of halogens is 4. The van der Waals surface area contributed by atoms with E-state index in [0.29, 0.717) is 16.7 Å². The van der Waals surface area contributed by atoms with Crippen molar-refractivity contribution in [2.45, 2.75) is 12.3 Å². The minimum absolute atomic E-state index is 0.321. The zero-order valence-corrected chi connectivity index (χ0v) is 14.5. The van der Waals surface area contributed by atoms with Crippen LogP contribution in [0.25, 0.3) is 0 Å². The van der Waals surface area contributed by atoms with Crippen LogP contribution in [0, 0.1) is 0 Å². The summed E-state index contributed by atoms with van der Waals surface area (Å²) < 4.78 is 6.35. The Balaban J connectivity index is 2.33. The van der Waals surface area contributed by atoms with Gasteiger partial charge in [0.15, 0.2) is 0 Å². The van der Waals surface area contributed by atoms with Crippen molar-refractivity contribution in [3.8, 4) is 5.75 Å². The van der Waals surface area contributed by atoms with Crippen LogP contribution in [0.2, 0.25) is 10.0 Å². The van der Waals surface area contributed by atoms with E-state index in [2.05, 4.69) is 15.9 Å². The molecular weight excluding hydrogens is 382 g/mol. The Bertz CT molecular complexity index is 596. The van der Waals surface area contributed by atoms with E-state index < -0.39 is 0 Å². The lowest BCUT2D eigenvalue weighted by Gasteiger charge is -2.13. The highest BCUT2D eigenvalue weighted by Gasteiger charge is 2.14. The van der Waals surface area contributed by atoms with Gasteiger partial charge in [0.25, 0.3) is 0 Å². The van der Waals surface area contributed by atoms with Crippen LogP contribution < -0.4 is 4.74 Å². The number of hydrogen-bond donors (Lipinski definition) is 0. The molecule has 0 heterocycles. The van der Waals surface area contributed by atoms with Gasteiger partial charge >= 0.3 is 0 Å². The molecule has 1 atom stereocenters. The standard InChI is InChI=1S/C15H12BrCl3O/c1-2-20-14-4-3-9(7-13(14)16)15(19)10-5-11(17)8-12(18)6-10/h3-8,15H,2H2,1H3. The molecule has 0 amide bonds. The van der Waals surface area contributed by atoms with Crippen molar-refractivity contribution in [3.63, 3.8) is 0 Å². The Morgan fingerprint density at radius 3 is 2.25 bits per heavy atom. The first-order valence-corrected chi connectivity index (χ1v) is 8.02. The summed E-state index contributed by atoms with van der Waals surface area (Å²) in [6.45, 7) is 2.56. The quantitative estimate of drug-likeness (QED) is 0.539. The lowest BCUT2D eigenvalue weighted by atomic mass is 10.0. The van der Waals surface area contributed by atoms with Crippen molar-refractivity contribution in [1.82, 2.24) is 0 Å². The normalized spacial score (nSPS) is 12.2. The second-order valence-corrected chi connectivity index (χ2v) is 6.35. The van der Waals surface area contributed by atoms with Gasteiger partial charge < -0.3 is 4.74 Å². The first-order valence-electron chi connectivity index (χ1n) is 6.03. The fraction of sp³-hybridized carbons (Fsp3) is 0.200. The van der Waals surface area contributed by atoms with Crippen molar-refractivity contribution in [1.29, 1.82) is 0 Å². The van der Waals surface area contributed by atoms with E-state index in [4.69, 9.17) is 39.5 Å². The summed E-state index contributed by atoms with van der Waals surface area (Å²) in [5, 5.41) is 0.824. The average molecular weight is 395 g/mol. The highest BCUT2D eigenvalue weighted by Crippen LogP contribution is 2.36. The number of rotatable bonds is 4. The molecule has 0 fully saturated rings. The summed E-state index contributed by atoms with van der Waals surface area (Å²) in [6, 6.07) is 11.1. The van der Waals surface area contributed by atoms with Crippen molar-refractivity contribution >= 4 is 50.7 Å². The molecule has 1 unspecified atom stereocenters. The van der Waals surface area contributed by atoms with E-state index in [9.17, 15) is 0 Å². The summed E-state index contributed by atoms with van der Waals surface area (Å²) in [6.07, 6.45) is 0. The van der Waals surface area contributed by atoms with E-state index in [-0.39, 0.29) is 5.38 Å². The fourth-order valence-corrected chi connectivity index (χ4v) is 3.18. The molecule has 0 spiro atoms. The molecule has 0 aliphatic rings. The number of benzene rings is 2. The predicted octanol–water partition coefficient (Wildman–Crippen LogP) is 6.48. The van der Waals surface area contributed by atoms with E-state index in [1.807, 2.05) is 37.3 Å². The zero-order valence-electron chi connectivity index (χ0n) is 10.7. The Labute approximate surface area is 141 Å². The molecule has 1 nitrogen and oxygen atoms in total. The molecule has 2 aromatic carbocycles. The van der Waals surface area contributed by atoms with Crippen molar-refractivity contribution < 1.29 is 4.74 Å². The second kappa shape index (κ2) is 7.04. The average Bonchev–Trinajstić information content (AvgIpc) is 2.39. The van der Waals surface area contributed by atoms with Crippen molar-refractivity contribution in [3.05, 3.63) is 62.0 Å². The topological polar surface area (TPSA) is 9.23 Å². The molecule has 20 heavy (non-hydrogen) atoms. The van der Waals surface area contributed by atoms with Gasteiger partial charge in [0, 0.05) is 10.0 Å². The molecule has 0 aliphatic carbocycles. The van der Waals surface area contributed by atoms with E-state index in [0.717, 1.165) is 21.3 Å². The molecule has 2 aromatic rings. The maximum absolute atomic E-state index is 6.50. The van der Waals surface area contributed by atoms with Crippen LogP contribution in [0.1, 0.15) is 23.4 Å². The van der Waals surface area contributed by atoms with Crippen LogP contribution in [0.15, 0.2) is 40.9 Å². The first kappa shape index (κ1) is 16.0. The SMILES string of the molecule is CCOc1ccc(C(Cl)c2cc(Cl)cc(Cl)c2)cc1Br. The Morgan fingerprint density at radius 2 is 1.70 bits per heavy atom. The van der Waals surface area contributed by atoms with E-state index in [1.165, 1.54) is 0 Å². The van der Waals surface area contributed by atoms with Crippen molar-refractivity contribution in [2.24, 2.45) is 0 Å². The third kappa shape index (κ3) is 3.82. The third-order valence-electron chi connectivity index (χ3n) is 2.73.